The first-order valence-corrected chi connectivity index (χ1v) is 11.0. The van der Waals surface area contributed by atoms with E-state index in [1.54, 1.807) is 33.8 Å². The van der Waals surface area contributed by atoms with Crippen LogP contribution in [0.2, 0.25) is 0 Å². The average molecular weight is 445 g/mol. The summed E-state index contributed by atoms with van der Waals surface area (Å²) in [6.45, 7) is 12.4. The van der Waals surface area contributed by atoms with Gasteiger partial charge in [-0.05, 0) is 65.4 Å². The normalized spacial score (nSPS) is 15.7. The van der Waals surface area contributed by atoms with E-state index in [9.17, 15) is 14.0 Å². The van der Waals surface area contributed by atoms with Crippen molar-refractivity contribution < 1.29 is 18.7 Å². The number of likely N-dealkylation sites (N-methyl/N-ethyl adjacent to an activating group) is 1. The van der Waals surface area contributed by atoms with Gasteiger partial charge in [-0.2, -0.15) is 0 Å². The van der Waals surface area contributed by atoms with Crippen molar-refractivity contribution in [2.75, 3.05) is 38.1 Å². The molecule has 0 spiro atoms. The van der Waals surface area contributed by atoms with E-state index in [-0.39, 0.29) is 17.8 Å². The van der Waals surface area contributed by atoms with Gasteiger partial charge in [-0.3, -0.25) is 4.79 Å². The van der Waals surface area contributed by atoms with Crippen LogP contribution in [-0.2, 0) is 4.74 Å². The van der Waals surface area contributed by atoms with Gasteiger partial charge in [0.15, 0.2) is 0 Å². The molecule has 0 bridgehead atoms. The van der Waals surface area contributed by atoms with Gasteiger partial charge in [0.25, 0.3) is 5.91 Å². The molecule has 3 rings (SSSR count). The Kier molecular flexibility index (Phi) is 7.23. The quantitative estimate of drug-likeness (QED) is 0.666. The van der Waals surface area contributed by atoms with E-state index in [1.165, 1.54) is 12.1 Å². The largest absolute Gasteiger partial charge is 0.459 e. The van der Waals surface area contributed by atoms with E-state index in [0.29, 0.717) is 22.5 Å². The number of H-pyrrole nitrogens is 1. The Labute approximate surface area is 188 Å². The molecule has 7 nitrogen and oxygen atoms in total. The number of ether oxygens (including phenoxy) is 1. The number of piperazine rings is 1. The summed E-state index contributed by atoms with van der Waals surface area (Å²) in [6.07, 6.45) is -0.255. The van der Waals surface area contributed by atoms with Crippen LogP contribution in [0, 0.1) is 19.7 Å². The van der Waals surface area contributed by atoms with E-state index >= 15 is 0 Å². The number of aromatic amines is 1. The molecule has 8 heteroatoms. The summed E-state index contributed by atoms with van der Waals surface area (Å²) >= 11 is 0. The van der Waals surface area contributed by atoms with Crippen LogP contribution in [-0.4, -0.2) is 61.1 Å². The number of hydrogen-bond acceptors (Lipinski definition) is 5. The van der Waals surface area contributed by atoms with Crippen LogP contribution in [0.25, 0.3) is 0 Å². The van der Waals surface area contributed by atoms with Gasteiger partial charge in [0.05, 0.1) is 17.7 Å². The number of hydrogen-bond donors (Lipinski definition) is 2. The number of amides is 1. The molecule has 0 aliphatic carbocycles. The number of anilines is 1. The van der Waals surface area contributed by atoms with E-state index < -0.39 is 12.0 Å². The molecule has 1 unspecified atom stereocenters. The SMILES string of the molecule is Cc1[nH]c(C(=O)NC(C)c2cc(F)ccc2N2CCN(C)CC2)c(C)c1C(=O)OC(C)C. The minimum absolute atomic E-state index is 0.255. The van der Waals surface area contributed by atoms with Gasteiger partial charge in [-0.25, -0.2) is 9.18 Å². The predicted molar refractivity (Wildman–Crippen MR) is 123 cm³/mol. The zero-order valence-electron chi connectivity index (χ0n) is 19.7. The fraction of sp³-hybridized carbons (Fsp3) is 0.500. The van der Waals surface area contributed by atoms with E-state index in [4.69, 9.17) is 4.74 Å². The van der Waals surface area contributed by atoms with Gasteiger partial charge >= 0.3 is 5.97 Å². The fourth-order valence-corrected chi connectivity index (χ4v) is 4.11. The lowest BCUT2D eigenvalue weighted by atomic mass is 10.0. The van der Waals surface area contributed by atoms with Crippen LogP contribution < -0.4 is 10.2 Å². The highest BCUT2D eigenvalue weighted by atomic mass is 19.1. The van der Waals surface area contributed by atoms with Crippen LogP contribution in [0.1, 0.15) is 64.5 Å². The van der Waals surface area contributed by atoms with Crippen LogP contribution in [0.4, 0.5) is 10.1 Å². The first kappa shape index (κ1) is 23.8. The minimum atomic E-state index is -0.458. The van der Waals surface area contributed by atoms with Crippen LogP contribution in [0.15, 0.2) is 18.2 Å². The van der Waals surface area contributed by atoms with Crippen molar-refractivity contribution in [1.29, 1.82) is 0 Å². The highest BCUT2D eigenvalue weighted by Crippen LogP contribution is 2.29. The number of halogens is 1. The lowest BCUT2D eigenvalue weighted by Gasteiger charge is -2.36. The second-order valence-electron chi connectivity index (χ2n) is 8.77. The molecule has 2 aromatic rings. The van der Waals surface area contributed by atoms with Crippen molar-refractivity contribution >= 4 is 17.6 Å². The summed E-state index contributed by atoms with van der Waals surface area (Å²) in [4.78, 5) is 33.0. The monoisotopic (exact) mass is 444 g/mol. The van der Waals surface area contributed by atoms with Crippen molar-refractivity contribution in [3.8, 4) is 0 Å². The number of rotatable bonds is 6. The Bertz CT molecular complexity index is 993. The third-order valence-corrected chi connectivity index (χ3v) is 5.86. The number of nitrogens with one attached hydrogen (secondary N) is 2. The highest BCUT2D eigenvalue weighted by molar-refractivity contribution is 6.00. The smallest absolute Gasteiger partial charge is 0.340 e. The Morgan fingerprint density at radius 2 is 1.78 bits per heavy atom. The van der Waals surface area contributed by atoms with Crippen LogP contribution in [0.5, 0.6) is 0 Å². The molecule has 0 saturated carbocycles. The van der Waals surface area contributed by atoms with Gasteiger partial charge in [0.1, 0.15) is 11.5 Å². The zero-order chi connectivity index (χ0) is 23.6. The summed E-state index contributed by atoms with van der Waals surface area (Å²) in [7, 11) is 2.08. The van der Waals surface area contributed by atoms with Crippen LogP contribution in [0.3, 0.4) is 0 Å². The number of esters is 1. The number of nitrogens with zero attached hydrogens (tertiary/aromatic N) is 2. The molecule has 1 amide bonds. The lowest BCUT2D eigenvalue weighted by Crippen LogP contribution is -2.45. The third-order valence-electron chi connectivity index (χ3n) is 5.86. The first-order valence-electron chi connectivity index (χ1n) is 11.0. The van der Waals surface area contributed by atoms with Gasteiger partial charge in [-0.1, -0.05) is 0 Å². The molecule has 1 aromatic heterocycles. The molecule has 0 radical (unpaired) electrons. The van der Waals surface area contributed by atoms with Crippen molar-refractivity contribution in [2.45, 2.75) is 46.8 Å². The summed E-state index contributed by atoms with van der Waals surface area (Å²) in [5.41, 5.74) is 3.45. The van der Waals surface area contributed by atoms with Gasteiger partial charge < -0.3 is 24.8 Å². The zero-order valence-corrected chi connectivity index (χ0v) is 19.7. The molecule has 174 valence electrons. The van der Waals surface area contributed by atoms with Crippen molar-refractivity contribution in [3.63, 3.8) is 0 Å². The van der Waals surface area contributed by atoms with Crippen molar-refractivity contribution in [3.05, 3.63) is 52.1 Å². The van der Waals surface area contributed by atoms with Gasteiger partial charge in [0.2, 0.25) is 0 Å². The Hall–Kier alpha value is -2.87. The van der Waals surface area contributed by atoms with E-state index in [2.05, 4.69) is 27.1 Å². The Balaban J connectivity index is 1.82. The number of aromatic nitrogens is 1. The highest BCUT2D eigenvalue weighted by Gasteiger charge is 2.26. The topological polar surface area (TPSA) is 77.7 Å². The molecule has 1 aromatic carbocycles. The predicted octanol–water partition coefficient (Wildman–Crippen LogP) is 3.58. The molecule has 2 N–H and O–H groups in total. The minimum Gasteiger partial charge on any atom is -0.459 e. The maximum Gasteiger partial charge on any atom is 0.340 e. The Morgan fingerprint density at radius 3 is 2.41 bits per heavy atom. The second kappa shape index (κ2) is 9.73. The molecule has 2 heterocycles. The fourth-order valence-electron chi connectivity index (χ4n) is 4.11. The number of aryl methyl sites for hydroxylation is 1. The molecular weight excluding hydrogens is 411 g/mol. The molecular formula is C24H33FN4O3. The Morgan fingerprint density at radius 1 is 1.12 bits per heavy atom. The van der Waals surface area contributed by atoms with Gasteiger partial charge in [-0.15, -0.1) is 0 Å². The standard InChI is InChI=1S/C24H33FN4O3/c1-14(2)32-24(31)21-15(3)22(26-17(21)5)23(30)27-16(4)19-13-18(25)7-8-20(19)29-11-9-28(6)10-12-29/h7-8,13-14,16,26H,9-12H2,1-6H3,(H,27,30). The maximum atomic E-state index is 14.1. The van der Waals surface area contributed by atoms with Crippen molar-refractivity contribution in [2.24, 2.45) is 0 Å². The summed E-state index contributed by atoms with van der Waals surface area (Å²) in [5, 5.41) is 2.96. The summed E-state index contributed by atoms with van der Waals surface area (Å²) in [6, 6.07) is 4.29. The first-order chi connectivity index (χ1) is 15.1. The van der Waals surface area contributed by atoms with Gasteiger partial charge in [0, 0.05) is 43.1 Å². The number of carbonyl (C=O) groups is 2. The molecule has 32 heavy (non-hydrogen) atoms. The molecule has 1 aliphatic heterocycles. The molecule has 1 aliphatic rings. The van der Waals surface area contributed by atoms with E-state index in [1.807, 2.05) is 6.92 Å². The second-order valence-corrected chi connectivity index (χ2v) is 8.77. The average Bonchev–Trinajstić information content (AvgIpc) is 3.02. The number of carbonyl (C=O) groups excluding carboxylic acids is 2. The van der Waals surface area contributed by atoms with E-state index in [0.717, 1.165) is 37.4 Å². The van der Waals surface area contributed by atoms with Crippen LogP contribution >= 0.6 is 0 Å². The molecule has 1 saturated heterocycles. The third kappa shape index (κ3) is 5.12. The number of benzene rings is 1. The summed E-state index contributed by atoms with van der Waals surface area (Å²) < 4.78 is 19.4. The lowest BCUT2D eigenvalue weighted by molar-refractivity contribution is 0.0376. The summed E-state index contributed by atoms with van der Waals surface area (Å²) in [5.74, 6) is -1.15. The molecule has 1 fully saturated rings. The molecule has 1 atom stereocenters. The maximum absolute atomic E-state index is 14.1. The van der Waals surface area contributed by atoms with Crippen molar-refractivity contribution in [1.82, 2.24) is 15.2 Å².